The minimum atomic E-state index is -3.15. The monoisotopic (exact) mass is 309 g/mol. The molecule has 1 heterocycles. The number of sulfonamides is 1. The fraction of sp³-hybridized carbons (Fsp3) is 0.467. The summed E-state index contributed by atoms with van der Waals surface area (Å²) < 4.78 is 25.4. The van der Waals surface area contributed by atoms with E-state index >= 15 is 0 Å². The summed E-state index contributed by atoms with van der Waals surface area (Å²) in [5, 5.41) is 1.19. The van der Waals surface area contributed by atoms with Gasteiger partial charge in [-0.3, -0.25) is 0 Å². The van der Waals surface area contributed by atoms with Gasteiger partial charge in [0.15, 0.2) is 0 Å². The molecule has 1 aromatic carbocycles. The number of aromatic amines is 1. The Morgan fingerprint density at radius 3 is 2.67 bits per heavy atom. The maximum Gasteiger partial charge on any atom is 0.211 e. The van der Waals surface area contributed by atoms with Crippen LogP contribution in [0.5, 0.6) is 0 Å². The lowest BCUT2D eigenvalue weighted by Crippen LogP contribution is -2.23. The van der Waals surface area contributed by atoms with Crippen molar-refractivity contribution in [3.8, 4) is 0 Å². The van der Waals surface area contributed by atoms with E-state index in [2.05, 4.69) is 34.8 Å². The number of nitrogens with one attached hydrogen (secondary N) is 2. The van der Waals surface area contributed by atoms with E-state index in [1.54, 1.807) is 0 Å². The first-order valence-electron chi connectivity index (χ1n) is 7.06. The molecule has 0 saturated heterocycles. The lowest BCUT2D eigenvalue weighted by Gasteiger charge is -2.08. The van der Waals surface area contributed by atoms with Crippen molar-refractivity contribution < 1.29 is 8.42 Å². The van der Waals surface area contributed by atoms with Crippen LogP contribution in [0.1, 0.15) is 11.1 Å². The second-order valence-electron chi connectivity index (χ2n) is 5.52. The van der Waals surface area contributed by atoms with Gasteiger partial charge in [-0.1, -0.05) is 6.07 Å². The quantitative estimate of drug-likeness (QED) is 0.812. The van der Waals surface area contributed by atoms with Gasteiger partial charge in [0.2, 0.25) is 10.0 Å². The van der Waals surface area contributed by atoms with E-state index in [0.717, 1.165) is 24.0 Å². The number of benzene rings is 1. The lowest BCUT2D eigenvalue weighted by atomic mass is 10.1. The molecule has 21 heavy (non-hydrogen) atoms. The number of hydrogen-bond acceptors (Lipinski definition) is 3. The molecule has 0 fully saturated rings. The molecule has 116 valence electrons. The van der Waals surface area contributed by atoms with Gasteiger partial charge in [-0.2, -0.15) is 0 Å². The molecule has 0 amide bonds. The molecule has 0 aliphatic rings. The van der Waals surface area contributed by atoms with Gasteiger partial charge in [0.25, 0.3) is 0 Å². The summed E-state index contributed by atoms with van der Waals surface area (Å²) in [6.45, 7) is 0.991. The summed E-state index contributed by atoms with van der Waals surface area (Å²) in [6.07, 6.45) is 3.55. The van der Waals surface area contributed by atoms with Crippen molar-refractivity contribution >= 4 is 20.9 Å². The highest BCUT2D eigenvalue weighted by Crippen LogP contribution is 2.21. The SMILES string of the molecule is CNS(=O)(=O)CCc1ccc2[nH]cc(CCN(C)C)c2c1. The third-order valence-corrected chi connectivity index (χ3v) is 4.99. The first-order chi connectivity index (χ1) is 9.91. The Morgan fingerprint density at radius 2 is 2.00 bits per heavy atom. The van der Waals surface area contributed by atoms with E-state index in [1.807, 2.05) is 18.3 Å². The minimum absolute atomic E-state index is 0.118. The molecule has 0 spiro atoms. The zero-order valence-electron chi connectivity index (χ0n) is 12.8. The topological polar surface area (TPSA) is 65.2 Å². The number of likely N-dealkylation sites (N-methyl/N-ethyl adjacent to an activating group) is 1. The zero-order chi connectivity index (χ0) is 15.5. The molecule has 2 N–H and O–H groups in total. The highest BCUT2D eigenvalue weighted by Gasteiger charge is 2.09. The summed E-state index contributed by atoms with van der Waals surface area (Å²) in [7, 11) is 2.41. The molecule has 0 aliphatic heterocycles. The molecular weight excluding hydrogens is 286 g/mol. The van der Waals surface area contributed by atoms with Crippen LogP contribution in [0.4, 0.5) is 0 Å². The van der Waals surface area contributed by atoms with E-state index in [1.165, 1.54) is 18.0 Å². The maximum absolute atomic E-state index is 11.5. The molecule has 0 bridgehead atoms. The molecule has 0 aliphatic carbocycles. The van der Waals surface area contributed by atoms with Gasteiger partial charge >= 0.3 is 0 Å². The number of H-pyrrole nitrogens is 1. The summed E-state index contributed by atoms with van der Waals surface area (Å²) in [4.78, 5) is 5.43. The maximum atomic E-state index is 11.5. The number of aromatic nitrogens is 1. The Balaban J connectivity index is 2.17. The van der Waals surface area contributed by atoms with Crippen LogP contribution in [0.25, 0.3) is 10.9 Å². The molecule has 0 unspecified atom stereocenters. The van der Waals surface area contributed by atoms with Gasteiger partial charge in [-0.05, 0) is 57.2 Å². The van der Waals surface area contributed by atoms with Crippen molar-refractivity contribution in [2.45, 2.75) is 12.8 Å². The predicted molar refractivity (Wildman–Crippen MR) is 87.1 cm³/mol. The third kappa shape index (κ3) is 4.30. The largest absolute Gasteiger partial charge is 0.361 e. The van der Waals surface area contributed by atoms with Gasteiger partial charge in [-0.15, -0.1) is 0 Å². The Morgan fingerprint density at radius 1 is 1.24 bits per heavy atom. The van der Waals surface area contributed by atoms with Crippen LogP contribution in [0, 0.1) is 0 Å². The summed E-state index contributed by atoms with van der Waals surface area (Å²) in [5.74, 6) is 0.118. The van der Waals surface area contributed by atoms with Crippen LogP contribution in [-0.2, 0) is 22.9 Å². The Kier molecular flexibility index (Phi) is 5.03. The van der Waals surface area contributed by atoms with Crippen LogP contribution in [-0.4, -0.2) is 51.7 Å². The van der Waals surface area contributed by atoms with Crippen molar-refractivity contribution in [2.75, 3.05) is 33.4 Å². The zero-order valence-corrected chi connectivity index (χ0v) is 13.6. The Labute approximate surface area is 126 Å². The van der Waals surface area contributed by atoms with Crippen LogP contribution in [0.3, 0.4) is 0 Å². The predicted octanol–water partition coefficient (Wildman–Crippen LogP) is 1.36. The molecule has 6 heteroatoms. The summed E-state index contributed by atoms with van der Waals surface area (Å²) >= 11 is 0. The first kappa shape index (κ1) is 16.0. The number of aryl methyl sites for hydroxylation is 1. The average molecular weight is 309 g/mol. The van der Waals surface area contributed by atoms with Crippen LogP contribution in [0.15, 0.2) is 24.4 Å². The van der Waals surface area contributed by atoms with E-state index in [-0.39, 0.29) is 5.75 Å². The second-order valence-corrected chi connectivity index (χ2v) is 7.57. The van der Waals surface area contributed by atoms with Crippen molar-refractivity contribution in [3.05, 3.63) is 35.5 Å². The van der Waals surface area contributed by atoms with Crippen molar-refractivity contribution in [1.82, 2.24) is 14.6 Å². The number of rotatable bonds is 7. The number of fused-ring (bicyclic) bond motifs is 1. The summed E-state index contributed by atoms with van der Waals surface area (Å²) in [6, 6.07) is 6.11. The molecule has 2 rings (SSSR count). The first-order valence-corrected chi connectivity index (χ1v) is 8.71. The fourth-order valence-electron chi connectivity index (χ4n) is 2.29. The highest BCUT2D eigenvalue weighted by atomic mass is 32.2. The van der Waals surface area contributed by atoms with Crippen LogP contribution < -0.4 is 4.72 Å². The van der Waals surface area contributed by atoms with Gasteiger partial charge in [0.05, 0.1) is 5.75 Å². The molecule has 0 radical (unpaired) electrons. The minimum Gasteiger partial charge on any atom is -0.361 e. The van der Waals surface area contributed by atoms with E-state index in [0.29, 0.717) is 6.42 Å². The fourth-order valence-corrected chi connectivity index (χ4v) is 2.99. The van der Waals surface area contributed by atoms with Gasteiger partial charge in [0, 0.05) is 23.6 Å². The molecule has 2 aromatic rings. The van der Waals surface area contributed by atoms with Crippen molar-refractivity contribution in [1.29, 1.82) is 0 Å². The molecule has 0 saturated carbocycles. The van der Waals surface area contributed by atoms with Crippen LogP contribution in [0.2, 0.25) is 0 Å². The number of nitrogens with zero attached hydrogens (tertiary/aromatic N) is 1. The molecule has 1 aromatic heterocycles. The highest BCUT2D eigenvalue weighted by molar-refractivity contribution is 7.89. The standard InChI is InChI=1S/C15H23N3O2S/c1-16-21(19,20)9-7-12-4-5-15-14(10-12)13(11-17-15)6-8-18(2)3/h4-5,10-11,16-17H,6-9H2,1-3H3. The van der Waals surface area contributed by atoms with Crippen molar-refractivity contribution in [2.24, 2.45) is 0 Å². The third-order valence-electron chi connectivity index (χ3n) is 3.63. The molecule has 0 atom stereocenters. The van der Waals surface area contributed by atoms with Crippen LogP contribution >= 0.6 is 0 Å². The van der Waals surface area contributed by atoms with Crippen molar-refractivity contribution in [3.63, 3.8) is 0 Å². The van der Waals surface area contributed by atoms with Gasteiger partial charge < -0.3 is 9.88 Å². The molecular formula is C15H23N3O2S. The van der Waals surface area contributed by atoms with E-state index in [9.17, 15) is 8.42 Å². The number of hydrogen-bond donors (Lipinski definition) is 2. The van der Waals surface area contributed by atoms with E-state index < -0.39 is 10.0 Å². The second kappa shape index (κ2) is 6.60. The van der Waals surface area contributed by atoms with Gasteiger partial charge in [0.1, 0.15) is 0 Å². The molecule has 5 nitrogen and oxygen atoms in total. The smallest absolute Gasteiger partial charge is 0.211 e. The summed E-state index contributed by atoms with van der Waals surface area (Å²) in [5.41, 5.74) is 3.42. The van der Waals surface area contributed by atoms with E-state index in [4.69, 9.17) is 0 Å². The Bertz CT molecular complexity index is 705. The lowest BCUT2D eigenvalue weighted by molar-refractivity contribution is 0.414. The Hall–Kier alpha value is -1.37. The average Bonchev–Trinajstić information content (AvgIpc) is 2.85. The van der Waals surface area contributed by atoms with Gasteiger partial charge in [-0.25, -0.2) is 13.1 Å². The normalized spacial score (nSPS) is 12.4.